The number of nitrogens with one attached hydrogen (secondary N) is 2. The van der Waals surface area contributed by atoms with Gasteiger partial charge in [-0.2, -0.15) is 11.8 Å². The lowest BCUT2D eigenvalue weighted by Crippen LogP contribution is -2.30. The van der Waals surface area contributed by atoms with Crippen molar-refractivity contribution in [3.8, 4) is 0 Å². The second-order valence-electron chi connectivity index (χ2n) is 4.92. The molecule has 1 aromatic rings. The Balaban J connectivity index is 2.03. The Labute approximate surface area is 135 Å². The summed E-state index contributed by atoms with van der Waals surface area (Å²) in [6.07, 6.45) is 4.50. The molecule has 118 valence electrons. The average molecular weight is 350 g/mol. The van der Waals surface area contributed by atoms with E-state index in [1.807, 2.05) is 18.7 Å². The second kappa shape index (κ2) is 7.67. The number of thioether (sulfide) groups is 1. The Bertz CT molecular complexity index is 575. The fraction of sp³-hybridized carbons (Fsp3) is 0.615. The van der Waals surface area contributed by atoms with Gasteiger partial charge in [-0.3, -0.25) is 0 Å². The van der Waals surface area contributed by atoms with E-state index in [1.165, 1.54) is 12.3 Å². The van der Waals surface area contributed by atoms with Crippen LogP contribution >= 0.6 is 23.4 Å². The van der Waals surface area contributed by atoms with Gasteiger partial charge in [-0.25, -0.2) is 18.1 Å². The Morgan fingerprint density at radius 1 is 1.52 bits per heavy atom. The fourth-order valence-electron chi connectivity index (χ4n) is 2.03. The van der Waals surface area contributed by atoms with Gasteiger partial charge in [0.05, 0.1) is 5.02 Å². The normalized spacial score (nSPS) is 18.9. The van der Waals surface area contributed by atoms with Gasteiger partial charge in [0.2, 0.25) is 10.0 Å². The minimum absolute atomic E-state index is 0.109. The minimum atomic E-state index is -3.55. The number of anilines is 1. The molecule has 0 amide bonds. The Kier molecular flexibility index (Phi) is 6.16. The molecule has 2 heterocycles. The topological polar surface area (TPSA) is 71.1 Å². The van der Waals surface area contributed by atoms with Gasteiger partial charge < -0.3 is 5.32 Å². The Morgan fingerprint density at radius 2 is 2.33 bits per heavy atom. The van der Waals surface area contributed by atoms with Crippen molar-refractivity contribution in [1.29, 1.82) is 0 Å². The molecule has 2 N–H and O–H groups in total. The van der Waals surface area contributed by atoms with Gasteiger partial charge in [-0.15, -0.1) is 0 Å². The average Bonchev–Trinajstić information content (AvgIpc) is 2.97. The maximum absolute atomic E-state index is 12.2. The third-order valence-corrected chi connectivity index (χ3v) is 6.27. The zero-order valence-corrected chi connectivity index (χ0v) is 14.3. The summed E-state index contributed by atoms with van der Waals surface area (Å²) in [5.74, 6) is 1.63. The fourth-order valence-corrected chi connectivity index (χ4v) is 4.69. The van der Waals surface area contributed by atoms with E-state index in [4.69, 9.17) is 11.6 Å². The van der Waals surface area contributed by atoms with Gasteiger partial charge in [0, 0.05) is 24.5 Å². The Morgan fingerprint density at radius 3 is 2.95 bits per heavy atom. The molecule has 0 radical (unpaired) electrons. The van der Waals surface area contributed by atoms with Gasteiger partial charge >= 0.3 is 0 Å². The summed E-state index contributed by atoms with van der Waals surface area (Å²) in [5, 5.41) is 3.75. The summed E-state index contributed by atoms with van der Waals surface area (Å²) in [7, 11) is -3.55. The van der Waals surface area contributed by atoms with Crippen LogP contribution in [0.1, 0.15) is 26.2 Å². The molecular formula is C13H20ClN3O2S2. The monoisotopic (exact) mass is 349 g/mol. The smallest absolute Gasteiger partial charge is 0.242 e. The molecule has 1 aliphatic rings. The molecule has 0 bridgehead atoms. The molecule has 8 heteroatoms. The van der Waals surface area contributed by atoms with Crippen LogP contribution in [0.5, 0.6) is 0 Å². The number of sulfonamides is 1. The standard InChI is InChI=1S/C13H20ClN3O2S2/c1-2-5-15-13-12(14)7-11(9-16-13)21(18,19)17-8-10-4-3-6-20-10/h7,9-10,17H,2-6,8H2,1H3,(H,15,16). The van der Waals surface area contributed by atoms with Crippen LogP contribution in [0.4, 0.5) is 5.82 Å². The van der Waals surface area contributed by atoms with Crippen LogP contribution in [-0.2, 0) is 10.0 Å². The summed E-state index contributed by atoms with van der Waals surface area (Å²) in [4.78, 5) is 4.20. The van der Waals surface area contributed by atoms with E-state index < -0.39 is 10.0 Å². The van der Waals surface area contributed by atoms with Crippen molar-refractivity contribution < 1.29 is 8.42 Å². The maximum Gasteiger partial charge on any atom is 0.242 e. The zero-order valence-electron chi connectivity index (χ0n) is 11.9. The van der Waals surface area contributed by atoms with Gasteiger partial charge in [0.1, 0.15) is 10.7 Å². The second-order valence-corrected chi connectivity index (χ2v) is 8.50. The highest BCUT2D eigenvalue weighted by molar-refractivity contribution is 8.00. The van der Waals surface area contributed by atoms with E-state index in [9.17, 15) is 8.42 Å². The predicted octanol–water partition coefficient (Wildman–Crippen LogP) is 2.73. The van der Waals surface area contributed by atoms with Crippen LogP contribution in [0.2, 0.25) is 5.02 Å². The third kappa shape index (κ3) is 4.74. The van der Waals surface area contributed by atoms with Gasteiger partial charge in [0.15, 0.2) is 0 Å². The van der Waals surface area contributed by atoms with Crippen LogP contribution < -0.4 is 10.0 Å². The number of rotatable bonds is 7. The quantitative estimate of drug-likeness (QED) is 0.792. The summed E-state index contributed by atoms with van der Waals surface area (Å²) >= 11 is 7.89. The summed E-state index contributed by atoms with van der Waals surface area (Å²) < 4.78 is 27.1. The molecule has 1 atom stereocenters. The lowest BCUT2D eigenvalue weighted by atomic mass is 10.2. The minimum Gasteiger partial charge on any atom is -0.369 e. The molecule has 1 aromatic heterocycles. The van der Waals surface area contributed by atoms with E-state index in [0.29, 0.717) is 22.6 Å². The van der Waals surface area contributed by atoms with Crippen molar-refractivity contribution in [3.05, 3.63) is 17.3 Å². The first kappa shape index (κ1) is 16.9. The van der Waals surface area contributed by atoms with Crippen molar-refractivity contribution in [3.63, 3.8) is 0 Å². The van der Waals surface area contributed by atoms with Crippen molar-refractivity contribution in [2.24, 2.45) is 0 Å². The van der Waals surface area contributed by atoms with Crippen LogP contribution in [0.3, 0.4) is 0 Å². The van der Waals surface area contributed by atoms with E-state index in [-0.39, 0.29) is 4.90 Å². The molecule has 1 saturated heterocycles. The van der Waals surface area contributed by atoms with E-state index in [0.717, 1.165) is 31.6 Å². The lowest BCUT2D eigenvalue weighted by Gasteiger charge is -2.12. The van der Waals surface area contributed by atoms with E-state index >= 15 is 0 Å². The lowest BCUT2D eigenvalue weighted by molar-refractivity contribution is 0.578. The summed E-state index contributed by atoms with van der Waals surface area (Å²) in [6.45, 7) is 3.24. The van der Waals surface area contributed by atoms with Crippen molar-refractivity contribution in [1.82, 2.24) is 9.71 Å². The maximum atomic E-state index is 12.2. The molecule has 1 aliphatic heterocycles. The predicted molar refractivity (Wildman–Crippen MR) is 88.7 cm³/mol. The van der Waals surface area contributed by atoms with Crippen molar-refractivity contribution >= 4 is 39.2 Å². The van der Waals surface area contributed by atoms with Crippen molar-refractivity contribution in [2.45, 2.75) is 36.3 Å². The number of hydrogen-bond donors (Lipinski definition) is 2. The first-order valence-electron chi connectivity index (χ1n) is 7.03. The molecule has 21 heavy (non-hydrogen) atoms. The molecule has 1 fully saturated rings. The number of aromatic nitrogens is 1. The molecule has 0 saturated carbocycles. The van der Waals surface area contributed by atoms with E-state index in [1.54, 1.807) is 0 Å². The Hall–Kier alpha value is -0.500. The largest absolute Gasteiger partial charge is 0.369 e. The number of pyridine rings is 1. The molecule has 1 unspecified atom stereocenters. The number of nitrogens with zero attached hydrogens (tertiary/aromatic N) is 1. The molecule has 0 spiro atoms. The van der Waals surface area contributed by atoms with Crippen LogP contribution in [0, 0.1) is 0 Å². The van der Waals surface area contributed by atoms with Gasteiger partial charge in [-0.05, 0) is 31.1 Å². The highest BCUT2D eigenvalue weighted by Gasteiger charge is 2.21. The van der Waals surface area contributed by atoms with Crippen LogP contribution in [-0.4, -0.2) is 37.5 Å². The van der Waals surface area contributed by atoms with E-state index in [2.05, 4.69) is 15.0 Å². The number of halogens is 1. The molecular weight excluding hydrogens is 330 g/mol. The molecule has 0 aromatic carbocycles. The molecule has 5 nitrogen and oxygen atoms in total. The van der Waals surface area contributed by atoms with Crippen molar-refractivity contribution in [2.75, 3.05) is 24.2 Å². The van der Waals surface area contributed by atoms with Gasteiger partial charge in [-0.1, -0.05) is 18.5 Å². The summed E-state index contributed by atoms with van der Waals surface area (Å²) in [5.41, 5.74) is 0. The summed E-state index contributed by atoms with van der Waals surface area (Å²) in [6, 6.07) is 1.44. The molecule has 2 rings (SSSR count). The molecule has 0 aliphatic carbocycles. The SMILES string of the molecule is CCCNc1ncc(S(=O)(=O)NCC2CCCS2)cc1Cl. The first-order valence-corrected chi connectivity index (χ1v) is 9.94. The third-order valence-electron chi connectivity index (χ3n) is 3.19. The van der Waals surface area contributed by atoms with Crippen LogP contribution in [0.15, 0.2) is 17.2 Å². The first-order chi connectivity index (χ1) is 10.0. The van der Waals surface area contributed by atoms with Gasteiger partial charge in [0.25, 0.3) is 0 Å². The highest BCUT2D eigenvalue weighted by atomic mass is 35.5. The highest BCUT2D eigenvalue weighted by Crippen LogP contribution is 2.26. The number of hydrogen-bond acceptors (Lipinski definition) is 5. The zero-order chi connectivity index (χ0) is 15.3. The van der Waals surface area contributed by atoms with Crippen LogP contribution in [0.25, 0.3) is 0 Å².